The molecule has 1 aliphatic rings. The van der Waals surface area contributed by atoms with Crippen LogP contribution in [0.5, 0.6) is 0 Å². The zero-order chi connectivity index (χ0) is 15.1. The first kappa shape index (κ1) is 18.4. The summed E-state index contributed by atoms with van der Waals surface area (Å²) >= 11 is 0. The fraction of sp³-hybridized carbons (Fsp3) is 0.400. The van der Waals surface area contributed by atoms with Gasteiger partial charge in [-0.25, -0.2) is 4.99 Å². The molecular formula is C15H21IN4O2. The van der Waals surface area contributed by atoms with Crippen LogP contribution in [0.1, 0.15) is 25.3 Å². The molecule has 2 rings (SSSR count). The largest absolute Gasteiger partial charge is 0.357 e. The second kappa shape index (κ2) is 9.39. The van der Waals surface area contributed by atoms with Gasteiger partial charge in [0.15, 0.2) is 5.96 Å². The average molecular weight is 416 g/mol. The van der Waals surface area contributed by atoms with Gasteiger partial charge in [-0.15, -0.1) is 24.0 Å². The monoisotopic (exact) mass is 416 g/mol. The maximum atomic E-state index is 10.8. The summed E-state index contributed by atoms with van der Waals surface area (Å²) in [5.41, 5.74) is 0.923. The van der Waals surface area contributed by atoms with E-state index in [1.807, 2.05) is 13.0 Å². The van der Waals surface area contributed by atoms with Crippen LogP contribution in [0.25, 0.3) is 0 Å². The molecule has 0 saturated carbocycles. The van der Waals surface area contributed by atoms with E-state index in [2.05, 4.69) is 27.8 Å². The van der Waals surface area contributed by atoms with Gasteiger partial charge in [-0.1, -0.05) is 24.3 Å². The van der Waals surface area contributed by atoms with Gasteiger partial charge < -0.3 is 10.6 Å². The third-order valence-electron chi connectivity index (χ3n) is 3.23. The number of non-ortho nitro benzene ring substituents is 1. The van der Waals surface area contributed by atoms with Crippen LogP contribution in [-0.2, 0) is 6.54 Å². The molecule has 0 amide bonds. The molecular weight excluding hydrogens is 395 g/mol. The summed E-state index contributed by atoms with van der Waals surface area (Å²) in [4.78, 5) is 14.9. The molecule has 1 aromatic rings. The Kier molecular flexibility index (Phi) is 7.86. The van der Waals surface area contributed by atoms with E-state index in [1.165, 1.54) is 6.07 Å². The first-order valence-electron chi connectivity index (χ1n) is 7.12. The van der Waals surface area contributed by atoms with Gasteiger partial charge >= 0.3 is 0 Å². The van der Waals surface area contributed by atoms with Gasteiger partial charge in [0.05, 0.1) is 11.5 Å². The van der Waals surface area contributed by atoms with E-state index in [0.29, 0.717) is 12.6 Å². The predicted octanol–water partition coefficient (Wildman–Crippen LogP) is 2.99. The molecule has 0 unspecified atom stereocenters. The quantitative estimate of drug-likeness (QED) is 0.193. The van der Waals surface area contributed by atoms with Crippen molar-refractivity contribution in [2.24, 2.45) is 4.99 Å². The molecule has 0 saturated heterocycles. The molecule has 120 valence electrons. The van der Waals surface area contributed by atoms with Crippen molar-refractivity contribution in [1.29, 1.82) is 0 Å². The van der Waals surface area contributed by atoms with Crippen LogP contribution < -0.4 is 10.6 Å². The van der Waals surface area contributed by atoms with Crippen molar-refractivity contribution in [1.82, 2.24) is 10.6 Å². The minimum absolute atomic E-state index is 0. The molecule has 0 bridgehead atoms. The molecule has 0 aromatic heterocycles. The van der Waals surface area contributed by atoms with Gasteiger partial charge in [-0.05, 0) is 25.3 Å². The lowest BCUT2D eigenvalue weighted by Gasteiger charge is -2.16. The van der Waals surface area contributed by atoms with E-state index >= 15 is 0 Å². The molecule has 0 heterocycles. The van der Waals surface area contributed by atoms with E-state index in [0.717, 1.165) is 30.9 Å². The Bertz CT molecular complexity index is 552. The van der Waals surface area contributed by atoms with E-state index in [4.69, 9.17) is 0 Å². The fourth-order valence-electron chi connectivity index (χ4n) is 2.19. The highest BCUT2D eigenvalue weighted by molar-refractivity contribution is 14.0. The number of rotatable bonds is 5. The highest BCUT2D eigenvalue weighted by atomic mass is 127. The van der Waals surface area contributed by atoms with Crippen molar-refractivity contribution in [3.05, 3.63) is 52.1 Å². The van der Waals surface area contributed by atoms with Gasteiger partial charge in [0.2, 0.25) is 0 Å². The van der Waals surface area contributed by atoms with Gasteiger partial charge in [0.25, 0.3) is 5.69 Å². The van der Waals surface area contributed by atoms with Crippen molar-refractivity contribution >= 4 is 35.6 Å². The van der Waals surface area contributed by atoms with Gasteiger partial charge in [0, 0.05) is 24.7 Å². The summed E-state index contributed by atoms with van der Waals surface area (Å²) in [5.74, 6) is 0.748. The summed E-state index contributed by atoms with van der Waals surface area (Å²) in [6, 6.07) is 6.96. The minimum Gasteiger partial charge on any atom is -0.357 e. The Morgan fingerprint density at radius 1 is 1.41 bits per heavy atom. The maximum Gasteiger partial charge on any atom is 0.269 e. The summed E-state index contributed by atoms with van der Waals surface area (Å²) in [6.45, 7) is 3.20. The zero-order valence-corrected chi connectivity index (χ0v) is 14.8. The standard InChI is InChI=1S/C15H20N4O2.HI/c1-2-16-15(18-13-7-3-4-8-13)17-11-12-6-5-9-14(10-12)19(20)21;/h3-6,9-10,13H,2,7-8,11H2,1H3,(H2,16,17,18);1H. The third-order valence-corrected chi connectivity index (χ3v) is 3.23. The second-order valence-electron chi connectivity index (χ2n) is 4.91. The number of hydrogen-bond acceptors (Lipinski definition) is 3. The fourth-order valence-corrected chi connectivity index (χ4v) is 2.19. The van der Waals surface area contributed by atoms with Gasteiger partial charge in [0.1, 0.15) is 0 Å². The summed E-state index contributed by atoms with van der Waals surface area (Å²) in [5, 5.41) is 17.3. The van der Waals surface area contributed by atoms with Crippen LogP contribution in [0.15, 0.2) is 41.4 Å². The van der Waals surface area contributed by atoms with Crippen LogP contribution in [0.4, 0.5) is 5.69 Å². The molecule has 1 aromatic carbocycles. The predicted molar refractivity (Wildman–Crippen MR) is 98.6 cm³/mol. The summed E-state index contributed by atoms with van der Waals surface area (Å²) in [7, 11) is 0. The minimum atomic E-state index is -0.388. The number of hydrogen-bond donors (Lipinski definition) is 2. The Labute approximate surface area is 147 Å². The Balaban J connectivity index is 0.00000242. The average Bonchev–Trinajstić information content (AvgIpc) is 2.98. The maximum absolute atomic E-state index is 10.8. The summed E-state index contributed by atoms with van der Waals surface area (Å²) in [6.07, 6.45) is 6.31. The van der Waals surface area contributed by atoms with Crippen LogP contribution in [0, 0.1) is 10.1 Å². The lowest BCUT2D eigenvalue weighted by Crippen LogP contribution is -2.42. The lowest BCUT2D eigenvalue weighted by atomic mass is 10.2. The van der Waals surface area contributed by atoms with Crippen molar-refractivity contribution < 1.29 is 4.92 Å². The number of nitro groups is 1. The molecule has 1 aliphatic carbocycles. The van der Waals surface area contributed by atoms with E-state index in [-0.39, 0.29) is 34.6 Å². The number of halogens is 1. The Morgan fingerprint density at radius 3 is 2.77 bits per heavy atom. The lowest BCUT2D eigenvalue weighted by molar-refractivity contribution is -0.384. The van der Waals surface area contributed by atoms with Crippen molar-refractivity contribution in [3.8, 4) is 0 Å². The van der Waals surface area contributed by atoms with Crippen LogP contribution in [-0.4, -0.2) is 23.5 Å². The van der Waals surface area contributed by atoms with Crippen LogP contribution in [0.2, 0.25) is 0 Å². The molecule has 7 heteroatoms. The van der Waals surface area contributed by atoms with Crippen molar-refractivity contribution in [2.45, 2.75) is 32.4 Å². The number of guanidine groups is 1. The molecule has 0 radical (unpaired) electrons. The molecule has 2 N–H and O–H groups in total. The number of aliphatic imine (C=N–C) groups is 1. The molecule has 22 heavy (non-hydrogen) atoms. The number of nitrogens with zero attached hydrogens (tertiary/aromatic N) is 2. The molecule has 0 aliphatic heterocycles. The molecule has 6 nitrogen and oxygen atoms in total. The van der Waals surface area contributed by atoms with E-state index in [9.17, 15) is 10.1 Å². The van der Waals surface area contributed by atoms with E-state index in [1.54, 1.807) is 12.1 Å². The van der Waals surface area contributed by atoms with E-state index < -0.39 is 0 Å². The van der Waals surface area contributed by atoms with Crippen LogP contribution in [0.3, 0.4) is 0 Å². The first-order chi connectivity index (χ1) is 10.2. The topological polar surface area (TPSA) is 79.6 Å². The first-order valence-corrected chi connectivity index (χ1v) is 7.12. The Hall–Kier alpha value is -1.64. The number of nitro benzene ring substituents is 1. The summed E-state index contributed by atoms with van der Waals surface area (Å²) < 4.78 is 0. The highest BCUT2D eigenvalue weighted by Crippen LogP contribution is 2.14. The number of benzene rings is 1. The molecule has 0 spiro atoms. The van der Waals surface area contributed by atoms with Crippen LogP contribution >= 0.6 is 24.0 Å². The molecule has 0 atom stereocenters. The third kappa shape index (κ3) is 5.63. The highest BCUT2D eigenvalue weighted by Gasteiger charge is 2.11. The molecule has 0 fully saturated rings. The zero-order valence-electron chi connectivity index (χ0n) is 12.5. The Morgan fingerprint density at radius 2 is 2.14 bits per heavy atom. The second-order valence-corrected chi connectivity index (χ2v) is 4.91. The van der Waals surface area contributed by atoms with Gasteiger partial charge in [-0.2, -0.15) is 0 Å². The number of nitrogens with one attached hydrogen (secondary N) is 2. The normalized spacial score (nSPS) is 14.5. The SMILES string of the molecule is CCNC(=NCc1cccc([N+](=O)[O-])c1)NC1CC=CC1.I. The van der Waals surface area contributed by atoms with Gasteiger partial charge in [-0.3, -0.25) is 10.1 Å². The smallest absolute Gasteiger partial charge is 0.269 e. The van der Waals surface area contributed by atoms with Crippen molar-refractivity contribution in [3.63, 3.8) is 0 Å². The van der Waals surface area contributed by atoms with Crippen molar-refractivity contribution in [2.75, 3.05) is 6.54 Å².